The summed E-state index contributed by atoms with van der Waals surface area (Å²) < 4.78 is 35.2. The van der Waals surface area contributed by atoms with Crippen molar-refractivity contribution in [3.05, 3.63) is 53.3 Å². The molecular formula is C14H15ClFN3O2S. The average molecular weight is 344 g/mol. The zero-order valence-corrected chi connectivity index (χ0v) is 13.1. The van der Waals surface area contributed by atoms with Gasteiger partial charge in [0.05, 0.1) is 9.92 Å². The molecule has 0 amide bonds. The molecule has 0 fully saturated rings. The van der Waals surface area contributed by atoms with Crippen LogP contribution in [-0.2, 0) is 10.0 Å². The topological polar surface area (TPSA) is 84.2 Å². The Morgan fingerprint density at radius 3 is 2.09 bits per heavy atom. The van der Waals surface area contributed by atoms with Crippen LogP contribution in [0.5, 0.6) is 0 Å². The van der Waals surface area contributed by atoms with E-state index in [4.69, 9.17) is 16.7 Å². The number of anilines is 2. The first-order valence-electron chi connectivity index (χ1n) is 6.42. The molecule has 2 aromatic carbocycles. The summed E-state index contributed by atoms with van der Waals surface area (Å²) in [6.07, 6.45) is 0. The summed E-state index contributed by atoms with van der Waals surface area (Å²) in [5.74, 6) is -0.458. The Morgan fingerprint density at radius 2 is 1.55 bits per heavy atom. The summed E-state index contributed by atoms with van der Waals surface area (Å²) in [5.41, 5.74) is 1.49. The molecule has 0 aromatic heterocycles. The standard InChI is InChI=1S/C14H15ClFN3O2S/c15-13-9-11(3-6-14(13)16)19-8-7-18-10-1-4-12(5-2-10)22(17,20)21/h1-6,9,18-19H,7-8H2,(H2,17,20,21). The summed E-state index contributed by atoms with van der Waals surface area (Å²) >= 11 is 5.68. The summed E-state index contributed by atoms with van der Waals surface area (Å²) in [6, 6.07) is 10.5. The predicted octanol–water partition coefficient (Wildman–Crippen LogP) is 2.65. The Kier molecular flexibility index (Phi) is 5.23. The number of rotatable bonds is 6. The molecule has 0 heterocycles. The first-order chi connectivity index (χ1) is 10.4. The highest BCUT2D eigenvalue weighted by atomic mass is 35.5. The van der Waals surface area contributed by atoms with E-state index in [1.165, 1.54) is 24.3 Å². The van der Waals surface area contributed by atoms with Gasteiger partial charge in [0, 0.05) is 24.5 Å². The summed E-state index contributed by atoms with van der Waals surface area (Å²) in [7, 11) is -3.67. The fourth-order valence-corrected chi connectivity index (χ4v) is 2.48. The van der Waals surface area contributed by atoms with E-state index in [-0.39, 0.29) is 9.92 Å². The van der Waals surface area contributed by atoms with E-state index < -0.39 is 15.8 Å². The molecule has 22 heavy (non-hydrogen) atoms. The SMILES string of the molecule is NS(=O)(=O)c1ccc(NCCNc2ccc(F)c(Cl)c2)cc1. The number of nitrogens with two attached hydrogens (primary N) is 1. The monoisotopic (exact) mass is 343 g/mol. The second kappa shape index (κ2) is 6.95. The van der Waals surface area contributed by atoms with Crippen molar-refractivity contribution in [2.24, 2.45) is 5.14 Å². The van der Waals surface area contributed by atoms with Crippen molar-refractivity contribution in [3.63, 3.8) is 0 Å². The molecule has 4 N–H and O–H groups in total. The van der Waals surface area contributed by atoms with Gasteiger partial charge in [0.2, 0.25) is 10.0 Å². The normalized spacial score (nSPS) is 11.2. The van der Waals surface area contributed by atoms with Gasteiger partial charge in [-0.15, -0.1) is 0 Å². The van der Waals surface area contributed by atoms with Crippen LogP contribution < -0.4 is 15.8 Å². The molecule has 0 aliphatic carbocycles. The number of primary sulfonamides is 1. The Labute approximate surface area is 133 Å². The van der Waals surface area contributed by atoms with Gasteiger partial charge in [0.25, 0.3) is 0 Å². The molecule has 0 aliphatic heterocycles. The van der Waals surface area contributed by atoms with Crippen molar-refractivity contribution < 1.29 is 12.8 Å². The Bertz CT molecular complexity index is 751. The van der Waals surface area contributed by atoms with Crippen LogP contribution in [0.25, 0.3) is 0 Å². The van der Waals surface area contributed by atoms with E-state index in [9.17, 15) is 12.8 Å². The minimum absolute atomic E-state index is 0.0662. The van der Waals surface area contributed by atoms with Crippen molar-refractivity contribution in [2.75, 3.05) is 23.7 Å². The van der Waals surface area contributed by atoms with Crippen LogP contribution in [0.2, 0.25) is 5.02 Å². The van der Waals surface area contributed by atoms with Gasteiger partial charge in [-0.2, -0.15) is 0 Å². The average Bonchev–Trinajstić information content (AvgIpc) is 2.47. The van der Waals surface area contributed by atoms with Gasteiger partial charge in [-0.1, -0.05) is 11.6 Å². The van der Waals surface area contributed by atoms with E-state index in [0.717, 1.165) is 11.4 Å². The Morgan fingerprint density at radius 1 is 1.00 bits per heavy atom. The van der Waals surface area contributed by atoms with Crippen LogP contribution in [0.1, 0.15) is 0 Å². The van der Waals surface area contributed by atoms with E-state index in [1.54, 1.807) is 18.2 Å². The molecule has 8 heteroatoms. The van der Waals surface area contributed by atoms with Gasteiger partial charge >= 0.3 is 0 Å². The molecule has 0 radical (unpaired) electrons. The quantitative estimate of drug-likeness (QED) is 0.704. The van der Waals surface area contributed by atoms with Gasteiger partial charge in [-0.25, -0.2) is 17.9 Å². The van der Waals surface area contributed by atoms with E-state index in [0.29, 0.717) is 13.1 Å². The van der Waals surface area contributed by atoms with Crippen LogP contribution >= 0.6 is 11.6 Å². The third-order valence-electron chi connectivity index (χ3n) is 2.89. The van der Waals surface area contributed by atoms with Gasteiger partial charge in [-0.3, -0.25) is 0 Å². The molecule has 0 aliphatic rings. The highest BCUT2D eigenvalue weighted by Gasteiger charge is 2.06. The lowest BCUT2D eigenvalue weighted by Gasteiger charge is -2.09. The van der Waals surface area contributed by atoms with Gasteiger partial charge in [0.15, 0.2) is 0 Å². The van der Waals surface area contributed by atoms with E-state index in [2.05, 4.69) is 10.6 Å². The lowest BCUT2D eigenvalue weighted by Crippen LogP contribution is -2.14. The molecule has 5 nitrogen and oxygen atoms in total. The summed E-state index contributed by atoms with van der Waals surface area (Å²) in [6.45, 7) is 1.17. The molecule has 0 unspecified atom stereocenters. The molecule has 0 bridgehead atoms. The predicted molar refractivity (Wildman–Crippen MR) is 86.2 cm³/mol. The van der Waals surface area contributed by atoms with Gasteiger partial charge < -0.3 is 10.6 Å². The molecule has 118 valence electrons. The lowest BCUT2D eigenvalue weighted by atomic mass is 10.3. The first kappa shape index (κ1) is 16.5. The van der Waals surface area contributed by atoms with Crippen molar-refractivity contribution in [3.8, 4) is 0 Å². The van der Waals surface area contributed by atoms with Crippen LogP contribution in [0.3, 0.4) is 0 Å². The Hall–Kier alpha value is -1.83. The minimum Gasteiger partial charge on any atom is -0.383 e. The molecule has 0 saturated carbocycles. The lowest BCUT2D eigenvalue weighted by molar-refractivity contribution is 0.598. The van der Waals surface area contributed by atoms with Crippen LogP contribution in [-0.4, -0.2) is 21.5 Å². The van der Waals surface area contributed by atoms with E-state index >= 15 is 0 Å². The largest absolute Gasteiger partial charge is 0.383 e. The molecule has 2 rings (SSSR count). The third kappa shape index (κ3) is 4.59. The third-order valence-corrected chi connectivity index (χ3v) is 4.10. The second-order valence-electron chi connectivity index (χ2n) is 4.55. The fraction of sp³-hybridized carbons (Fsp3) is 0.143. The van der Waals surface area contributed by atoms with E-state index in [1.807, 2.05) is 0 Å². The van der Waals surface area contributed by atoms with Gasteiger partial charge in [0.1, 0.15) is 5.82 Å². The number of hydrogen-bond acceptors (Lipinski definition) is 4. The summed E-state index contributed by atoms with van der Waals surface area (Å²) in [4.78, 5) is 0.0668. The smallest absolute Gasteiger partial charge is 0.238 e. The van der Waals surface area contributed by atoms with Gasteiger partial charge in [-0.05, 0) is 42.5 Å². The maximum Gasteiger partial charge on any atom is 0.238 e. The highest BCUT2D eigenvalue weighted by Crippen LogP contribution is 2.19. The van der Waals surface area contributed by atoms with Crippen LogP contribution in [0.15, 0.2) is 47.4 Å². The second-order valence-corrected chi connectivity index (χ2v) is 6.52. The number of sulfonamides is 1. The number of benzene rings is 2. The Balaban J connectivity index is 1.82. The molecule has 2 aromatic rings. The first-order valence-corrected chi connectivity index (χ1v) is 8.34. The highest BCUT2D eigenvalue weighted by molar-refractivity contribution is 7.89. The molecule has 0 spiro atoms. The zero-order valence-electron chi connectivity index (χ0n) is 11.5. The maximum atomic E-state index is 13.0. The fourth-order valence-electron chi connectivity index (χ4n) is 1.78. The molecule has 0 atom stereocenters. The van der Waals surface area contributed by atoms with Crippen molar-refractivity contribution in [2.45, 2.75) is 4.90 Å². The van der Waals surface area contributed by atoms with Crippen LogP contribution in [0, 0.1) is 5.82 Å². The minimum atomic E-state index is -3.67. The maximum absolute atomic E-state index is 13.0. The summed E-state index contributed by atoms with van der Waals surface area (Å²) in [5, 5.41) is 11.3. The van der Waals surface area contributed by atoms with Crippen molar-refractivity contribution >= 4 is 33.0 Å². The van der Waals surface area contributed by atoms with Crippen molar-refractivity contribution in [1.82, 2.24) is 0 Å². The number of halogens is 2. The number of nitrogens with one attached hydrogen (secondary N) is 2. The van der Waals surface area contributed by atoms with Crippen LogP contribution in [0.4, 0.5) is 15.8 Å². The molecule has 0 saturated heterocycles. The molecular weight excluding hydrogens is 329 g/mol. The zero-order chi connectivity index (χ0) is 16.2. The van der Waals surface area contributed by atoms with Crippen molar-refractivity contribution in [1.29, 1.82) is 0 Å². The number of hydrogen-bond donors (Lipinski definition) is 3.